The summed E-state index contributed by atoms with van der Waals surface area (Å²) in [6.07, 6.45) is 5.89. The van der Waals surface area contributed by atoms with Gasteiger partial charge in [-0.05, 0) is 52.2 Å². The van der Waals surface area contributed by atoms with Crippen LogP contribution in [-0.2, 0) is 4.84 Å². The van der Waals surface area contributed by atoms with Gasteiger partial charge in [-0.3, -0.25) is 20.0 Å². The van der Waals surface area contributed by atoms with Crippen molar-refractivity contribution in [2.75, 3.05) is 33.7 Å². The first kappa shape index (κ1) is 17.6. The van der Waals surface area contributed by atoms with Gasteiger partial charge in [0.25, 0.3) is 0 Å². The first-order chi connectivity index (χ1) is 11.0. The quantitative estimate of drug-likeness (QED) is 0.694. The summed E-state index contributed by atoms with van der Waals surface area (Å²) in [4.78, 5) is 10.8. The van der Waals surface area contributed by atoms with Crippen molar-refractivity contribution in [3.8, 4) is 0 Å². The molecule has 0 saturated carbocycles. The van der Waals surface area contributed by atoms with E-state index in [0.717, 1.165) is 6.54 Å². The highest BCUT2D eigenvalue weighted by molar-refractivity contribution is 4.91. The molecule has 0 amide bonds. The van der Waals surface area contributed by atoms with Crippen LogP contribution in [0.4, 0.5) is 0 Å². The van der Waals surface area contributed by atoms with E-state index in [1.54, 1.807) is 0 Å². The van der Waals surface area contributed by atoms with E-state index in [0.29, 0.717) is 24.0 Å². The zero-order valence-corrected chi connectivity index (χ0v) is 15.2. The lowest BCUT2D eigenvalue weighted by Gasteiger charge is -2.36. The number of likely N-dealkylation sites (tertiary alicyclic amines) is 1. The van der Waals surface area contributed by atoms with Crippen molar-refractivity contribution in [3.05, 3.63) is 0 Å². The summed E-state index contributed by atoms with van der Waals surface area (Å²) in [5.74, 6) is 1.31. The molecule has 3 rings (SSSR count). The van der Waals surface area contributed by atoms with Gasteiger partial charge >= 0.3 is 0 Å². The molecule has 0 aromatic carbocycles. The highest BCUT2D eigenvalue weighted by Gasteiger charge is 2.40. The van der Waals surface area contributed by atoms with Crippen molar-refractivity contribution in [2.45, 2.75) is 64.1 Å². The zero-order valence-electron chi connectivity index (χ0n) is 15.2. The summed E-state index contributed by atoms with van der Waals surface area (Å²) in [5, 5.41) is 7.37. The third-order valence-electron chi connectivity index (χ3n) is 5.55. The van der Waals surface area contributed by atoms with Crippen molar-refractivity contribution in [3.63, 3.8) is 0 Å². The minimum Gasteiger partial charge on any atom is -0.301 e. The van der Waals surface area contributed by atoms with Crippen LogP contribution in [0, 0.1) is 11.8 Å². The molecule has 3 aliphatic heterocycles. The van der Waals surface area contributed by atoms with Crippen LogP contribution in [-0.4, -0.2) is 68.1 Å². The summed E-state index contributed by atoms with van der Waals surface area (Å²) < 4.78 is 0. The number of hydrogen-bond acceptors (Lipinski definition) is 6. The Morgan fingerprint density at radius 3 is 2.70 bits per heavy atom. The molecule has 134 valence electrons. The van der Waals surface area contributed by atoms with Crippen molar-refractivity contribution in [1.82, 2.24) is 25.9 Å². The summed E-state index contributed by atoms with van der Waals surface area (Å²) in [5.41, 5.74) is 3.28. The predicted molar refractivity (Wildman–Crippen MR) is 92.6 cm³/mol. The summed E-state index contributed by atoms with van der Waals surface area (Å²) in [6, 6.07) is 0.515. The molecular formula is C17H35N5O. The van der Waals surface area contributed by atoms with Gasteiger partial charge in [0.05, 0.1) is 18.4 Å². The fourth-order valence-corrected chi connectivity index (χ4v) is 4.29. The van der Waals surface area contributed by atoms with Gasteiger partial charge in [0.2, 0.25) is 0 Å². The van der Waals surface area contributed by atoms with Crippen molar-refractivity contribution in [2.24, 2.45) is 11.8 Å². The van der Waals surface area contributed by atoms with Crippen LogP contribution in [0.3, 0.4) is 0 Å². The topological polar surface area (TPSA) is 51.8 Å². The number of rotatable bonds is 5. The normalized spacial score (nSPS) is 39.7. The van der Waals surface area contributed by atoms with Crippen LogP contribution >= 0.6 is 0 Å². The zero-order chi connectivity index (χ0) is 16.4. The summed E-state index contributed by atoms with van der Waals surface area (Å²) in [6.45, 7) is 8.03. The third kappa shape index (κ3) is 4.24. The number of hydroxylamine groups is 1. The largest absolute Gasteiger partial charge is 0.301 e. The fraction of sp³-hybridized carbons (Fsp3) is 1.00. The molecule has 0 aromatic rings. The Morgan fingerprint density at radius 1 is 1.22 bits per heavy atom. The van der Waals surface area contributed by atoms with Crippen LogP contribution < -0.4 is 16.1 Å². The van der Waals surface area contributed by atoms with Crippen LogP contribution in [0.5, 0.6) is 0 Å². The highest BCUT2D eigenvalue weighted by atomic mass is 16.7. The van der Waals surface area contributed by atoms with Crippen LogP contribution in [0.1, 0.15) is 39.5 Å². The van der Waals surface area contributed by atoms with Gasteiger partial charge in [0, 0.05) is 19.0 Å². The summed E-state index contributed by atoms with van der Waals surface area (Å²) >= 11 is 0. The van der Waals surface area contributed by atoms with E-state index in [4.69, 9.17) is 4.84 Å². The van der Waals surface area contributed by atoms with E-state index in [1.165, 1.54) is 38.8 Å². The Bertz CT molecular complexity index is 370. The maximum absolute atomic E-state index is 5.95. The Hall–Kier alpha value is -0.240. The lowest BCUT2D eigenvalue weighted by atomic mass is 9.94. The molecule has 0 spiro atoms. The van der Waals surface area contributed by atoms with Crippen molar-refractivity contribution >= 4 is 0 Å². The smallest absolute Gasteiger partial charge is 0.146 e. The maximum atomic E-state index is 5.95. The molecule has 0 aliphatic carbocycles. The van der Waals surface area contributed by atoms with E-state index in [9.17, 15) is 0 Å². The molecule has 6 nitrogen and oxygen atoms in total. The molecule has 3 N–H and O–H groups in total. The number of piperidine rings is 1. The van der Waals surface area contributed by atoms with E-state index in [2.05, 4.69) is 53.9 Å². The molecular weight excluding hydrogens is 290 g/mol. The van der Waals surface area contributed by atoms with E-state index in [1.807, 2.05) is 0 Å². The molecule has 0 aromatic heterocycles. The maximum Gasteiger partial charge on any atom is 0.146 e. The molecule has 5 unspecified atom stereocenters. The standard InChI is InChI=1S/C17H35N5O/c1-12(2)11-22-9-5-6-14(22)17-19-16(20-23-17)13-7-8-15(18-10-13)21(3)4/h12-20H,5-11H2,1-4H3. The number of hydrogen-bond donors (Lipinski definition) is 3. The van der Waals surface area contributed by atoms with Crippen molar-refractivity contribution < 1.29 is 4.84 Å². The van der Waals surface area contributed by atoms with E-state index < -0.39 is 0 Å². The first-order valence-electron chi connectivity index (χ1n) is 9.35. The summed E-state index contributed by atoms with van der Waals surface area (Å²) in [7, 11) is 4.29. The molecule has 23 heavy (non-hydrogen) atoms. The van der Waals surface area contributed by atoms with Gasteiger partial charge < -0.3 is 5.32 Å². The Kier molecular flexibility index (Phi) is 5.93. The minimum absolute atomic E-state index is 0.132. The second kappa shape index (κ2) is 7.76. The highest BCUT2D eigenvalue weighted by Crippen LogP contribution is 2.26. The molecule has 3 saturated heterocycles. The Morgan fingerprint density at radius 2 is 2.04 bits per heavy atom. The molecule has 3 heterocycles. The second-order valence-electron chi connectivity index (χ2n) is 8.12. The van der Waals surface area contributed by atoms with Gasteiger partial charge in [-0.1, -0.05) is 13.8 Å². The predicted octanol–water partition coefficient (Wildman–Crippen LogP) is 0.771. The van der Waals surface area contributed by atoms with Crippen molar-refractivity contribution in [1.29, 1.82) is 0 Å². The van der Waals surface area contributed by atoms with Crippen LogP contribution in [0.2, 0.25) is 0 Å². The van der Waals surface area contributed by atoms with Gasteiger partial charge in [0.15, 0.2) is 0 Å². The molecule has 3 aliphatic rings. The minimum atomic E-state index is 0.132. The lowest BCUT2D eigenvalue weighted by molar-refractivity contribution is -0.0256. The second-order valence-corrected chi connectivity index (χ2v) is 8.12. The molecule has 6 heteroatoms. The van der Waals surface area contributed by atoms with Gasteiger partial charge in [-0.25, -0.2) is 0 Å². The average Bonchev–Trinajstić information content (AvgIpc) is 3.15. The average molecular weight is 326 g/mol. The lowest BCUT2D eigenvalue weighted by Crippen LogP contribution is -2.54. The molecule has 0 radical (unpaired) electrons. The number of nitrogens with zero attached hydrogens (tertiary/aromatic N) is 2. The molecule has 3 fully saturated rings. The number of nitrogens with one attached hydrogen (secondary N) is 3. The fourth-order valence-electron chi connectivity index (χ4n) is 4.29. The van der Waals surface area contributed by atoms with E-state index in [-0.39, 0.29) is 12.4 Å². The SMILES string of the molecule is CC(C)CN1CCCC1C1NC(C2CCC(N(C)C)NC2)NO1. The first-order valence-corrected chi connectivity index (χ1v) is 9.35. The Balaban J connectivity index is 1.49. The monoisotopic (exact) mass is 325 g/mol. The molecule has 0 bridgehead atoms. The van der Waals surface area contributed by atoms with Gasteiger partial charge in [-0.15, -0.1) is 0 Å². The van der Waals surface area contributed by atoms with Crippen LogP contribution in [0.15, 0.2) is 0 Å². The van der Waals surface area contributed by atoms with Gasteiger partial charge in [0.1, 0.15) is 6.23 Å². The van der Waals surface area contributed by atoms with Gasteiger partial charge in [-0.2, -0.15) is 5.48 Å². The molecule has 5 atom stereocenters. The van der Waals surface area contributed by atoms with Crippen LogP contribution in [0.25, 0.3) is 0 Å². The van der Waals surface area contributed by atoms with E-state index >= 15 is 0 Å². The Labute approximate surface area is 141 Å². The third-order valence-corrected chi connectivity index (χ3v) is 5.55.